The summed E-state index contributed by atoms with van der Waals surface area (Å²) in [6, 6.07) is 20.3. The number of hydrogen-bond acceptors (Lipinski definition) is 1. The molecule has 1 aliphatic rings. The molecule has 1 N–H and O–H groups in total. The monoisotopic (exact) mass is 251 g/mol. The van der Waals surface area contributed by atoms with E-state index >= 15 is 0 Å². The van der Waals surface area contributed by atoms with Gasteiger partial charge in [-0.25, -0.2) is 0 Å². The fraction of sp³-hybridized carbons (Fsp3) is 0.333. The van der Waals surface area contributed by atoms with E-state index in [0.717, 1.165) is 6.54 Å². The van der Waals surface area contributed by atoms with Gasteiger partial charge in [-0.15, -0.1) is 0 Å². The van der Waals surface area contributed by atoms with Crippen molar-refractivity contribution in [3.63, 3.8) is 0 Å². The highest BCUT2D eigenvalue weighted by molar-refractivity contribution is 5.44. The van der Waals surface area contributed by atoms with E-state index in [9.17, 15) is 0 Å². The van der Waals surface area contributed by atoms with Gasteiger partial charge in [0.15, 0.2) is 0 Å². The fourth-order valence-electron chi connectivity index (χ4n) is 3.15. The lowest BCUT2D eigenvalue weighted by Gasteiger charge is -2.14. The van der Waals surface area contributed by atoms with Gasteiger partial charge in [0.25, 0.3) is 0 Å². The van der Waals surface area contributed by atoms with Crippen LogP contribution in [0.15, 0.2) is 54.6 Å². The Morgan fingerprint density at radius 1 is 0.947 bits per heavy atom. The Bertz CT molecular complexity index is 532. The normalized spacial score (nSPS) is 21.3. The highest BCUT2D eigenvalue weighted by atomic mass is 14.9. The minimum Gasteiger partial charge on any atom is -0.310 e. The molecule has 0 radical (unpaired) electrons. The quantitative estimate of drug-likeness (QED) is 0.856. The van der Waals surface area contributed by atoms with Crippen LogP contribution in [0.2, 0.25) is 0 Å². The Balaban J connectivity index is 1.92. The molecule has 0 aliphatic heterocycles. The summed E-state index contributed by atoms with van der Waals surface area (Å²) in [6.45, 7) is 3.32. The summed E-state index contributed by atoms with van der Waals surface area (Å²) in [5, 5.41) is 3.69. The van der Waals surface area contributed by atoms with E-state index in [4.69, 9.17) is 0 Å². The maximum absolute atomic E-state index is 3.69. The Labute approximate surface area is 115 Å². The van der Waals surface area contributed by atoms with Crippen molar-refractivity contribution < 1.29 is 0 Å². The molecule has 0 saturated heterocycles. The van der Waals surface area contributed by atoms with Crippen LogP contribution in [0.5, 0.6) is 0 Å². The van der Waals surface area contributed by atoms with Gasteiger partial charge < -0.3 is 5.32 Å². The molecule has 0 aromatic heterocycles. The zero-order valence-corrected chi connectivity index (χ0v) is 11.5. The number of rotatable bonds is 4. The highest BCUT2D eigenvalue weighted by Gasteiger charge is 2.30. The molecule has 2 aromatic rings. The van der Waals surface area contributed by atoms with E-state index in [1.165, 1.54) is 29.5 Å². The van der Waals surface area contributed by atoms with Crippen LogP contribution in [-0.4, -0.2) is 6.54 Å². The van der Waals surface area contributed by atoms with Crippen LogP contribution in [-0.2, 0) is 0 Å². The molecular formula is C18H21N. The summed E-state index contributed by atoms with van der Waals surface area (Å²) in [4.78, 5) is 0. The van der Waals surface area contributed by atoms with E-state index < -0.39 is 0 Å². The predicted octanol–water partition coefficient (Wildman–Crippen LogP) is 4.26. The van der Waals surface area contributed by atoms with Crippen LogP contribution in [0.1, 0.15) is 48.4 Å². The molecule has 2 aromatic carbocycles. The van der Waals surface area contributed by atoms with Gasteiger partial charge >= 0.3 is 0 Å². The first kappa shape index (κ1) is 12.4. The van der Waals surface area contributed by atoms with Gasteiger partial charge in [-0.05, 0) is 36.1 Å². The topological polar surface area (TPSA) is 12.0 Å². The number of fused-ring (bicyclic) bond motifs is 1. The average Bonchev–Trinajstić information content (AvgIpc) is 2.85. The SMILES string of the molecule is CCCN[C@@H]1C[C@H](c2ccccc2)c2ccccc21. The third-order valence-electron chi connectivity index (χ3n) is 4.06. The summed E-state index contributed by atoms with van der Waals surface area (Å²) in [7, 11) is 0. The van der Waals surface area contributed by atoms with Crippen molar-refractivity contribution in [3.05, 3.63) is 71.3 Å². The predicted molar refractivity (Wildman–Crippen MR) is 80.4 cm³/mol. The number of hydrogen-bond donors (Lipinski definition) is 1. The molecule has 1 nitrogen and oxygen atoms in total. The van der Waals surface area contributed by atoms with Crippen LogP contribution < -0.4 is 5.32 Å². The van der Waals surface area contributed by atoms with Crippen molar-refractivity contribution in [3.8, 4) is 0 Å². The minimum absolute atomic E-state index is 0.515. The van der Waals surface area contributed by atoms with E-state index in [1.54, 1.807) is 0 Å². The van der Waals surface area contributed by atoms with Gasteiger partial charge in [0.2, 0.25) is 0 Å². The highest BCUT2D eigenvalue weighted by Crippen LogP contribution is 2.43. The van der Waals surface area contributed by atoms with Gasteiger partial charge in [0, 0.05) is 12.0 Å². The zero-order chi connectivity index (χ0) is 13.1. The molecule has 0 heterocycles. The summed E-state index contributed by atoms with van der Waals surface area (Å²) in [5.74, 6) is 0.548. The summed E-state index contributed by atoms with van der Waals surface area (Å²) in [5.41, 5.74) is 4.43. The van der Waals surface area contributed by atoms with Crippen molar-refractivity contribution in [2.45, 2.75) is 31.7 Å². The molecule has 0 amide bonds. The third kappa shape index (κ3) is 2.43. The maximum atomic E-state index is 3.69. The van der Waals surface area contributed by atoms with E-state index in [-0.39, 0.29) is 0 Å². The lowest BCUT2D eigenvalue weighted by molar-refractivity contribution is 0.513. The standard InChI is InChI=1S/C18H21N/c1-2-12-19-18-13-17(14-8-4-3-5-9-14)15-10-6-7-11-16(15)18/h3-11,17-19H,2,12-13H2,1H3/t17-,18-/m1/s1. The first-order valence-corrected chi connectivity index (χ1v) is 7.27. The Hall–Kier alpha value is -1.60. The molecule has 2 atom stereocenters. The zero-order valence-electron chi connectivity index (χ0n) is 11.5. The van der Waals surface area contributed by atoms with Crippen LogP contribution in [0.4, 0.5) is 0 Å². The summed E-state index contributed by atoms with van der Waals surface area (Å²) < 4.78 is 0. The Morgan fingerprint density at radius 3 is 2.37 bits per heavy atom. The molecule has 1 heteroatoms. The van der Waals surface area contributed by atoms with Gasteiger partial charge in [-0.1, -0.05) is 61.5 Å². The average molecular weight is 251 g/mol. The second-order valence-corrected chi connectivity index (χ2v) is 5.33. The van der Waals surface area contributed by atoms with Crippen molar-refractivity contribution >= 4 is 0 Å². The molecule has 1 aliphatic carbocycles. The first-order chi connectivity index (χ1) is 9.40. The van der Waals surface area contributed by atoms with E-state index in [1.807, 2.05) is 0 Å². The molecule has 0 saturated carbocycles. The van der Waals surface area contributed by atoms with Gasteiger partial charge in [0.1, 0.15) is 0 Å². The largest absolute Gasteiger partial charge is 0.310 e. The van der Waals surface area contributed by atoms with Crippen LogP contribution >= 0.6 is 0 Å². The second kappa shape index (κ2) is 5.58. The first-order valence-electron chi connectivity index (χ1n) is 7.27. The van der Waals surface area contributed by atoms with Gasteiger partial charge in [0.05, 0.1) is 0 Å². The lowest BCUT2D eigenvalue weighted by atomic mass is 9.93. The molecule has 0 fully saturated rings. The molecule has 0 spiro atoms. The molecule has 19 heavy (non-hydrogen) atoms. The Kier molecular flexibility index (Phi) is 3.65. The van der Waals surface area contributed by atoms with E-state index in [2.05, 4.69) is 66.8 Å². The fourth-order valence-corrected chi connectivity index (χ4v) is 3.15. The molecular weight excluding hydrogens is 230 g/mol. The molecule has 0 unspecified atom stereocenters. The maximum Gasteiger partial charge on any atom is 0.0332 e. The number of benzene rings is 2. The van der Waals surface area contributed by atoms with Crippen LogP contribution in [0.3, 0.4) is 0 Å². The van der Waals surface area contributed by atoms with Gasteiger partial charge in [-0.2, -0.15) is 0 Å². The number of nitrogens with one attached hydrogen (secondary N) is 1. The lowest BCUT2D eigenvalue weighted by Crippen LogP contribution is -2.20. The Morgan fingerprint density at radius 2 is 1.63 bits per heavy atom. The van der Waals surface area contributed by atoms with Gasteiger partial charge in [-0.3, -0.25) is 0 Å². The third-order valence-corrected chi connectivity index (χ3v) is 4.06. The van der Waals surface area contributed by atoms with E-state index in [0.29, 0.717) is 12.0 Å². The molecule has 0 bridgehead atoms. The second-order valence-electron chi connectivity index (χ2n) is 5.33. The minimum atomic E-state index is 0.515. The van der Waals surface area contributed by atoms with Crippen molar-refractivity contribution in [1.82, 2.24) is 5.32 Å². The van der Waals surface area contributed by atoms with Crippen LogP contribution in [0.25, 0.3) is 0 Å². The van der Waals surface area contributed by atoms with Crippen molar-refractivity contribution in [2.24, 2.45) is 0 Å². The summed E-state index contributed by atoms with van der Waals surface area (Å²) >= 11 is 0. The molecule has 3 rings (SSSR count). The van der Waals surface area contributed by atoms with Crippen molar-refractivity contribution in [2.75, 3.05) is 6.54 Å². The summed E-state index contributed by atoms with van der Waals surface area (Å²) in [6.07, 6.45) is 2.37. The van der Waals surface area contributed by atoms with Crippen molar-refractivity contribution in [1.29, 1.82) is 0 Å². The molecule has 98 valence electrons. The smallest absolute Gasteiger partial charge is 0.0332 e. The van der Waals surface area contributed by atoms with Crippen LogP contribution in [0, 0.1) is 0 Å².